The topological polar surface area (TPSA) is 71.7 Å². The van der Waals surface area contributed by atoms with Crippen LogP contribution in [-0.4, -0.2) is 54.2 Å². The van der Waals surface area contributed by atoms with Gasteiger partial charge in [-0.05, 0) is 0 Å². The van der Waals surface area contributed by atoms with E-state index in [9.17, 15) is 4.79 Å². The molecule has 0 spiro atoms. The number of thiazole rings is 1. The van der Waals surface area contributed by atoms with E-state index in [2.05, 4.69) is 9.88 Å². The van der Waals surface area contributed by atoms with Gasteiger partial charge in [-0.25, -0.2) is 4.98 Å². The second-order valence-electron chi connectivity index (χ2n) is 3.94. The fraction of sp³-hybridized carbons (Fsp3) is 0.600. The van der Waals surface area contributed by atoms with Gasteiger partial charge in [0.25, 0.3) is 0 Å². The van der Waals surface area contributed by atoms with Gasteiger partial charge < -0.3 is 15.4 Å². The first-order valence-corrected chi connectivity index (χ1v) is 6.20. The van der Waals surface area contributed by atoms with Gasteiger partial charge in [-0.1, -0.05) is 0 Å². The summed E-state index contributed by atoms with van der Waals surface area (Å²) in [6, 6.07) is 0. The number of carbonyl (C=O) groups is 1. The van der Waals surface area contributed by atoms with Crippen molar-refractivity contribution in [3.05, 3.63) is 11.1 Å². The summed E-state index contributed by atoms with van der Waals surface area (Å²) < 4.78 is 4.97. The number of carbonyl (C=O) groups excluding carboxylic acids is 1. The van der Waals surface area contributed by atoms with E-state index in [0.717, 1.165) is 11.4 Å². The first-order valence-electron chi connectivity index (χ1n) is 5.38. The summed E-state index contributed by atoms with van der Waals surface area (Å²) in [5, 5.41) is 0.571. The Morgan fingerprint density at radius 3 is 3.12 bits per heavy atom. The lowest BCUT2D eigenvalue weighted by molar-refractivity contribution is -0.127. The Bertz CT molecular complexity index is 395. The number of amides is 1. The minimum absolute atomic E-state index is 0.152. The molecule has 1 aromatic rings. The maximum absolute atomic E-state index is 11.7. The van der Waals surface area contributed by atoms with Crippen molar-refractivity contribution in [3.8, 4) is 0 Å². The largest absolute Gasteiger partial charge is 0.383 e. The van der Waals surface area contributed by atoms with Crippen LogP contribution in [0.5, 0.6) is 0 Å². The molecule has 1 fully saturated rings. The van der Waals surface area contributed by atoms with Crippen molar-refractivity contribution in [1.82, 2.24) is 14.8 Å². The Morgan fingerprint density at radius 2 is 2.47 bits per heavy atom. The monoisotopic (exact) mass is 256 g/mol. The lowest BCUT2D eigenvalue weighted by atomic mass is 10.5. The SMILES string of the molecule is COCCN1CN(Cc2cnc(N)s2)CC1=O. The number of rotatable bonds is 5. The highest BCUT2D eigenvalue weighted by molar-refractivity contribution is 7.15. The van der Waals surface area contributed by atoms with Crippen molar-refractivity contribution in [2.75, 3.05) is 39.2 Å². The standard InChI is InChI=1S/C10H16N4O2S/c1-16-3-2-14-7-13(6-9(14)15)5-8-4-12-10(11)17-8/h4H,2-3,5-7H2,1H3,(H2,11,12). The van der Waals surface area contributed by atoms with E-state index >= 15 is 0 Å². The third kappa shape index (κ3) is 3.15. The third-order valence-corrected chi connectivity index (χ3v) is 3.41. The minimum Gasteiger partial charge on any atom is -0.383 e. The summed E-state index contributed by atoms with van der Waals surface area (Å²) in [4.78, 5) is 20.6. The van der Waals surface area contributed by atoms with Gasteiger partial charge in [-0.3, -0.25) is 9.69 Å². The van der Waals surface area contributed by atoms with Crippen LogP contribution in [0.4, 0.5) is 5.13 Å². The normalized spacial score (nSPS) is 17.0. The van der Waals surface area contributed by atoms with Crippen LogP contribution in [0, 0.1) is 0 Å². The first kappa shape index (κ1) is 12.3. The van der Waals surface area contributed by atoms with E-state index in [4.69, 9.17) is 10.5 Å². The summed E-state index contributed by atoms with van der Waals surface area (Å²) >= 11 is 1.47. The number of ether oxygens (including phenoxy) is 1. The Balaban J connectivity index is 1.86. The zero-order chi connectivity index (χ0) is 12.3. The molecule has 2 N–H and O–H groups in total. The first-order chi connectivity index (χ1) is 8.19. The van der Waals surface area contributed by atoms with E-state index in [0.29, 0.717) is 31.5 Å². The third-order valence-electron chi connectivity index (χ3n) is 2.60. The summed E-state index contributed by atoms with van der Waals surface area (Å²) in [6.45, 7) is 3.06. The molecule has 0 saturated carbocycles. The average molecular weight is 256 g/mol. The van der Waals surface area contributed by atoms with Crippen molar-refractivity contribution in [2.45, 2.75) is 6.54 Å². The fourth-order valence-electron chi connectivity index (χ4n) is 1.78. The Labute approximate surface area is 104 Å². The van der Waals surface area contributed by atoms with Crippen LogP contribution in [0.3, 0.4) is 0 Å². The van der Waals surface area contributed by atoms with Gasteiger partial charge in [0, 0.05) is 31.3 Å². The van der Waals surface area contributed by atoms with Crippen molar-refractivity contribution < 1.29 is 9.53 Å². The zero-order valence-electron chi connectivity index (χ0n) is 9.76. The highest BCUT2D eigenvalue weighted by atomic mass is 32.1. The quantitative estimate of drug-likeness (QED) is 0.801. The molecule has 0 radical (unpaired) electrons. The molecule has 1 aromatic heterocycles. The maximum Gasteiger partial charge on any atom is 0.237 e. The number of nitrogens with zero attached hydrogens (tertiary/aromatic N) is 3. The molecule has 17 heavy (non-hydrogen) atoms. The van der Waals surface area contributed by atoms with Crippen molar-refractivity contribution in [2.24, 2.45) is 0 Å². The van der Waals surface area contributed by atoms with Crippen LogP contribution in [0.15, 0.2) is 6.20 Å². The number of nitrogens with two attached hydrogens (primary N) is 1. The summed E-state index contributed by atoms with van der Waals surface area (Å²) in [5.74, 6) is 0.152. The summed E-state index contributed by atoms with van der Waals surface area (Å²) in [7, 11) is 1.64. The molecule has 6 nitrogen and oxygen atoms in total. The summed E-state index contributed by atoms with van der Waals surface area (Å²) in [5.41, 5.74) is 5.57. The molecule has 0 atom stereocenters. The predicted molar refractivity (Wildman–Crippen MR) is 65.4 cm³/mol. The van der Waals surface area contributed by atoms with Crippen molar-refractivity contribution in [1.29, 1.82) is 0 Å². The van der Waals surface area contributed by atoms with Crippen LogP contribution >= 0.6 is 11.3 Å². The molecule has 94 valence electrons. The Hall–Kier alpha value is -1.18. The van der Waals surface area contributed by atoms with Crippen LogP contribution in [0.2, 0.25) is 0 Å². The molecule has 0 bridgehead atoms. The number of methoxy groups -OCH3 is 1. The van der Waals surface area contributed by atoms with E-state index in [1.165, 1.54) is 11.3 Å². The second kappa shape index (κ2) is 5.44. The molecular weight excluding hydrogens is 240 g/mol. The van der Waals surface area contributed by atoms with E-state index in [1.807, 2.05) is 0 Å². The molecular formula is C10H16N4O2S. The number of nitrogen functional groups attached to an aromatic ring is 1. The number of aromatic nitrogens is 1. The highest BCUT2D eigenvalue weighted by Crippen LogP contribution is 2.18. The van der Waals surface area contributed by atoms with Gasteiger partial charge in [-0.15, -0.1) is 11.3 Å². The average Bonchev–Trinajstić information content (AvgIpc) is 2.83. The molecule has 0 aliphatic carbocycles. The van der Waals surface area contributed by atoms with Gasteiger partial charge in [0.2, 0.25) is 5.91 Å². The van der Waals surface area contributed by atoms with Crippen LogP contribution < -0.4 is 5.73 Å². The number of anilines is 1. The highest BCUT2D eigenvalue weighted by Gasteiger charge is 2.27. The van der Waals surface area contributed by atoms with Gasteiger partial charge in [0.15, 0.2) is 5.13 Å². The van der Waals surface area contributed by atoms with Gasteiger partial charge in [-0.2, -0.15) is 0 Å². The molecule has 2 heterocycles. The lowest BCUT2D eigenvalue weighted by Gasteiger charge is -2.16. The van der Waals surface area contributed by atoms with Crippen LogP contribution in [0.1, 0.15) is 4.88 Å². The van der Waals surface area contributed by atoms with E-state index in [1.54, 1.807) is 18.2 Å². The molecule has 0 aromatic carbocycles. The number of hydrogen-bond acceptors (Lipinski definition) is 6. The smallest absolute Gasteiger partial charge is 0.237 e. The van der Waals surface area contributed by atoms with E-state index in [-0.39, 0.29) is 5.91 Å². The molecule has 1 aliphatic rings. The molecule has 0 unspecified atom stereocenters. The van der Waals surface area contributed by atoms with Gasteiger partial charge in [0.1, 0.15) is 0 Å². The molecule has 1 amide bonds. The lowest BCUT2D eigenvalue weighted by Crippen LogP contribution is -2.30. The van der Waals surface area contributed by atoms with Crippen LogP contribution in [0.25, 0.3) is 0 Å². The fourth-order valence-corrected chi connectivity index (χ4v) is 2.51. The molecule has 7 heteroatoms. The Kier molecular flexibility index (Phi) is 3.93. The maximum atomic E-state index is 11.7. The van der Waals surface area contributed by atoms with Gasteiger partial charge in [0.05, 0.1) is 19.8 Å². The second-order valence-corrected chi connectivity index (χ2v) is 5.09. The minimum atomic E-state index is 0.152. The van der Waals surface area contributed by atoms with Crippen molar-refractivity contribution >= 4 is 22.4 Å². The molecule has 1 aliphatic heterocycles. The zero-order valence-corrected chi connectivity index (χ0v) is 10.6. The van der Waals surface area contributed by atoms with Crippen LogP contribution in [-0.2, 0) is 16.1 Å². The van der Waals surface area contributed by atoms with Gasteiger partial charge >= 0.3 is 0 Å². The molecule has 1 saturated heterocycles. The summed E-state index contributed by atoms with van der Waals surface area (Å²) in [6.07, 6.45) is 1.77. The Morgan fingerprint density at radius 1 is 1.65 bits per heavy atom. The molecule has 2 rings (SSSR count). The predicted octanol–water partition coefficient (Wildman–Crippen LogP) is -0.0266. The number of hydrogen-bond donors (Lipinski definition) is 1. The van der Waals surface area contributed by atoms with E-state index < -0.39 is 0 Å². The van der Waals surface area contributed by atoms with Crippen molar-refractivity contribution in [3.63, 3.8) is 0 Å².